The van der Waals surface area contributed by atoms with E-state index in [1.165, 1.54) is 43.3 Å². The molecule has 0 aliphatic rings. The van der Waals surface area contributed by atoms with Gasteiger partial charge in [0.1, 0.15) is 5.82 Å². The van der Waals surface area contributed by atoms with Crippen LogP contribution in [-0.4, -0.2) is 35.3 Å². The second-order valence-electron chi connectivity index (χ2n) is 5.69. The van der Waals surface area contributed by atoms with Crippen LogP contribution in [0.4, 0.5) is 19.0 Å². The van der Waals surface area contributed by atoms with Crippen molar-refractivity contribution in [3.63, 3.8) is 0 Å². The van der Waals surface area contributed by atoms with E-state index in [9.17, 15) is 22.8 Å². The summed E-state index contributed by atoms with van der Waals surface area (Å²) in [6.07, 6.45) is -5.26. The molecular formula is C18H17ClF3N3O3. The standard InChI is InChI=1S/C18H17ClF3N3O3/c1-3-28-16(27)17(18(20,21)22,24-14-10-6-7-11(2)23-14)25-15(26)12-8-4-5-9-13(12)19/h4-10H,3H2,1-2H3,(H,23,24)(H,25,26)/t17-/m0/s1. The number of aromatic nitrogens is 1. The molecule has 1 amide bonds. The first-order valence-electron chi connectivity index (χ1n) is 8.13. The molecule has 150 valence electrons. The van der Waals surface area contributed by atoms with Gasteiger partial charge in [0, 0.05) is 5.69 Å². The minimum Gasteiger partial charge on any atom is -0.463 e. The number of alkyl halides is 3. The summed E-state index contributed by atoms with van der Waals surface area (Å²) in [5.74, 6) is -3.22. The van der Waals surface area contributed by atoms with Crippen LogP contribution in [0.15, 0.2) is 42.5 Å². The first kappa shape index (κ1) is 21.5. The van der Waals surface area contributed by atoms with Gasteiger partial charge in [0.2, 0.25) is 0 Å². The topological polar surface area (TPSA) is 80.3 Å². The van der Waals surface area contributed by atoms with Crippen LogP contribution in [0.25, 0.3) is 0 Å². The van der Waals surface area contributed by atoms with Crippen LogP contribution in [-0.2, 0) is 9.53 Å². The number of nitrogens with zero attached hydrogens (tertiary/aromatic N) is 1. The maximum absolute atomic E-state index is 14.1. The molecule has 1 aromatic heterocycles. The molecule has 0 saturated heterocycles. The van der Waals surface area contributed by atoms with Crippen molar-refractivity contribution in [2.24, 2.45) is 0 Å². The summed E-state index contributed by atoms with van der Waals surface area (Å²) in [6.45, 7) is 2.58. The highest BCUT2D eigenvalue weighted by atomic mass is 35.5. The number of benzene rings is 1. The highest BCUT2D eigenvalue weighted by Gasteiger charge is 2.64. The minimum absolute atomic E-state index is 0.0754. The molecule has 0 unspecified atom stereocenters. The van der Waals surface area contributed by atoms with E-state index < -0.39 is 23.7 Å². The highest BCUT2D eigenvalue weighted by Crippen LogP contribution is 2.33. The Balaban J connectivity index is 2.54. The van der Waals surface area contributed by atoms with Crippen LogP contribution in [0, 0.1) is 6.92 Å². The average molecular weight is 416 g/mol. The van der Waals surface area contributed by atoms with E-state index in [1.807, 2.05) is 5.32 Å². The van der Waals surface area contributed by atoms with Gasteiger partial charge in [-0.1, -0.05) is 29.8 Å². The Labute approximate surface area is 164 Å². The van der Waals surface area contributed by atoms with Crippen LogP contribution in [0.2, 0.25) is 5.02 Å². The molecule has 2 rings (SSSR count). The van der Waals surface area contributed by atoms with Crippen LogP contribution in [0.1, 0.15) is 23.0 Å². The molecule has 0 fully saturated rings. The van der Waals surface area contributed by atoms with E-state index in [0.717, 1.165) is 0 Å². The number of esters is 1. The summed E-state index contributed by atoms with van der Waals surface area (Å²) in [4.78, 5) is 28.8. The molecule has 1 atom stereocenters. The maximum atomic E-state index is 14.1. The van der Waals surface area contributed by atoms with E-state index in [4.69, 9.17) is 11.6 Å². The second-order valence-corrected chi connectivity index (χ2v) is 6.10. The van der Waals surface area contributed by atoms with Gasteiger partial charge in [-0.15, -0.1) is 0 Å². The predicted molar refractivity (Wildman–Crippen MR) is 96.9 cm³/mol. The number of halogens is 4. The number of carbonyl (C=O) groups is 2. The lowest BCUT2D eigenvalue weighted by Gasteiger charge is -2.35. The van der Waals surface area contributed by atoms with Crippen molar-refractivity contribution >= 4 is 29.3 Å². The Hall–Kier alpha value is -2.81. The first-order valence-corrected chi connectivity index (χ1v) is 8.51. The molecule has 1 aromatic carbocycles. The summed E-state index contributed by atoms with van der Waals surface area (Å²) < 4.78 is 46.8. The molecule has 0 bridgehead atoms. The number of rotatable bonds is 6. The number of ether oxygens (including phenoxy) is 1. The molecule has 6 nitrogen and oxygen atoms in total. The molecule has 2 aromatic rings. The Kier molecular flexibility index (Phi) is 6.50. The zero-order valence-corrected chi connectivity index (χ0v) is 15.7. The van der Waals surface area contributed by atoms with Gasteiger partial charge in [0.25, 0.3) is 5.91 Å². The third kappa shape index (κ3) is 4.53. The summed E-state index contributed by atoms with van der Waals surface area (Å²) in [5, 5.41) is 3.62. The van der Waals surface area contributed by atoms with Gasteiger partial charge < -0.3 is 15.4 Å². The fourth-order valence-electron chi connectivity index (χ4n) is 2.32. The molecule has 0 saturated carbocycles. The van der Waals surface area contributed by atoms with Crippen molar-refractivity contribution in [2.75, 3.05) is 11.9 Å². The first-order chi connectivity index (χ1) is 13.1. The molecular weight excluding hydrogens is 399 g/mol. The van der Waals surface area contributed by atoms with Gasteiger partial charge in [-0.05, 0) is 38.1 Å². The van der Waals surface area contributed by atoms with Crippen molar-refractivity contribution in [2.45, 2.75) is 25.7 Å². The number of amides is 1. The lowest BCUT2D eigenvalue weighted by Crippen LogP contribution is -2.69. The maximum Gasteiger partial charge on any atom is 0.441 e. The molecule has 0 aliphatic carbocycles. The summed E-state index contributed by atoms with van der Waals surface area (Å²) >= 11 is 5.89. The number of carbonyl (C=O) groups excluding carboxylic acids is 2. The SMILES string of the molecule is CCOC(=O)[C@@](NC(=O)c1ccccc1Cl)(Nc1cccc(C)n1)C(F)(F)F. The lowest BCUT2D eigenvalue weighted by atomic mass is 10.1. The van der Waals surface area contributed by atoms with Gasteiger partial charge in [-0.25, -0.2) is 9.78 Å². The summed E-state index contributed by atoms with van der Waals surface area (Å²) in [5.41, 5.74) is -3.40. The number of nitrogens with one attached hydrogen (secondary N) is 2. The van der Waals surface area contributed by atoms with E-state index >= 15 is 0 Å². The van der Waals surface area contributed by atoms with Crippen molar-refractivity contribution in [3.8, 4) is 0 Å². The number of pyridine rings is 1. The van der Waals surface area contributed by atoms with Crippen molar-refractivity contribution < 1.29 is 27.5 Å². The van der Waals surface area contributed by atoms with Crippen molar-refractivity contribution in [1.82, 2.24) is 10.3 Å². The van der Waals surface area contributed by atoms with Crippen LogP contribution >= 0.6 is 11.6 Å². The molecule has 0 aliphatic heterocycles. The molecule has 2 N–H and O–H groups in total. The number of aryl methyl sites for hydroxylation is 1. The number of hydrogen-bond acceptors (Lipinski definition) is 5. The van der Waals surface area contributed by atoms with E-state index in [2.05, 4.69) is 9.72 Å². The summed E-state index contributed by atoms with van der Waals surface area (Å²) in [6, 6.07) is 9.75. The monoisotopic (exact) mass is 415 g/mol. The van der Waals surface area contributed by atoms with E-state index in [-0.39, 0.29) is 23.0 Å². The van der Waals surface area contributed by atoms with Gasteiger partial charge in [0.15, 0.2) is 0 Å². The van der Waals surface area contributed by atoms with Gasteiger partial charge in [-0.2, -0.15) is 13.2 Å². The van der Waals surface area contributed by atoms with E-state index in [1.54, 1.807) is 18.3 Å². The minimum atomic E-state index is -5.26. The Bertz CT molecular complexity index is 876. The fourth-order valence-corrected chi connectivity index (χ4v) is 2.54. The average Bonchev–Trinajstić information content (AvgIpc) is 2.60. The molecule has 0 radical (unpaired) electrons. The van der Waals surface area contributed by atoms with Gasteiger partial charge in [0.05, 0.1) is 17.2 Å². The quantitative estimate of drug-likeness (QED) is 0.555. The predicted octanol–water partition coefficient (Wildman–Crippen LogP) is 3.71. The highest BCUT2D eigenvalue weighted by molar-refractivity contribution is 6.33. The molecule has 1 heterocycles. The Morgan fingerprint density at radius 3 is 2.39 bits per heavy atom. The Morgan fingerprint density at radius 1 is 1.14 bits per heavy atom. The molecule has 28 heavy (non-hydrogen) atoms. The van der Waals surface area contributed by atoms with Crippen molar-refractivity contribution in [3.05, 3.63) is 58.7 Å². The fraction of sp³-hybridized carbons (Fsp3) is 0.278. The molecule has 0 spiro atoms. The zero-order chi connectivity index (χ0) is 20.9. The zero-order valence-electron chi connectivity index (χ0n) is 14.9. The third-order valence-electron chi connectivity index (χ3n) is 3.63. The third-order valence-corrected chi connectivity index (χ3v) is 3.96. The smallest absolute Gasteiger partial charge is 0.441 e. The largest absolute Gasteiger partial charge is 0.463 e. The number of hydrogen-bond donors (Lipinski definition) is 2. The Morgan fingerprint density at radius 2 is 1.82 bits per heavy atom. The van der Waals surface area contributed by atoms with Crippen LogP contribution in [0.3, 0.4) is 0 Å². The summed E-state index contributed by atoms with van der Waals surface area (Å²) in [7, 11) is 0. The van der Waals surface area contributed by atoms with E-state index in [0.29, 0.717) is 5.69 Å². The molecule has 10 heteroatoms. The normalized spacial score (nSPS) is 13.4. The van der Waals surface area contributed by atoms with Gasteiger partial charge in [-0.3, -0.25) is 4.79 Å². The van der Waals surface area contributed by atoms with Crippen LogP contribution in [0.5, 0.6) is 0 Å². The van der Waals surface area contributed by atoms with Crippen LogP contribution < -0.4 is 10.6 Å². The number of anilines is 1. The van der Waals surface area contributed by atoms with Gasteiger partial charge >= 0.3 is 17.8 Å². The second kappa shape index (κ2) is 8.47. The lowest BCUT2D eigenvalue weighted by molar-refractivity contribution is -0.204. The van der Waals surface area contributed by atoms with Crippen molar-refractivity contribution in [1.29, 1.82) is 0 Å².